The van der Waals surface area contributed by atoms with E-state index in [4.69, 9.17) is 10.7 Å². The highest BCUT2D eigenvalue weighted by Crippen LogP contribution is 2.41. The standard InChI is InChI=1S/C27H29F3N6.C2H6/c1-14(18-7-19(27(28,29)30)9-20(32)8-18)33-26-24-10-23(15(2)36-12-17(11-31)13-36)21-5-4-6-22(21)25(24)34-16(3)35-26;1-2/h7-10,14-15,17H,4-6,12-13,32H2,1-3H3,(H,33,34,35);1-2H3/t14-,15+;/m1./s1. The van der Waals surface area contributed by atoms with Crippen LogP contribution >= 0.6 is 0 Å². The van der Waals surface area contributed by atoms with Crippen LogP contribution in [0.2, 0.25) is 0 Å². The summed E-state index contributed by atoms with van der Waals surface area (Å²) in [6.45, 7) is 11.3. The van der Waals surface area contributed by atoms with Crippen LogP contribution in [0.25, 0.3) is 10.9 Å². The molecule has 1 aromatic heterocycles. The molecule has 3 N–H and O–H groups in total. The Kier molecular flexibility index (Phi) is 7.84. The van der Waals surface area contributed by atoms with Gasteiger partial charge in [0, 0.05) is 30.2 Å². The molecule has 2 aromatic carbocycles. The highest BCUT2D eigenvalue weighted by atomic mass is 19.4. The van der Waals surface area contributed by atoms with E-state index in [1.165, 1.54) is 16.7 Å². The van der Waals surface area contributed by atoms with Gasteiger partial charge in [0.05, 0.1) is 29.1 Å². The first-order chi connectivity index (χ1) is 18.0. The number of nitrogen functional groups attached to an aromatic ring is 1. The molecule has 2 atom stereocenters. The first-order valence-electron chi connectivity index (χ1n) is 13.3. The van der Waals surface area contributed by atoms with Gasteiger partial charge in [-0.2, -0.15) is 18.4 Å². The number of fused-ring (bicyclic) bond motifs is 3. The van der Waals surface area contributed by atoms with Crippen molar-refractivity contribution in [2.75, 3.05) is 24.1 Å². The number of anilines is 2. The number of nitrogens with one attached hydrogen (secondary N) is 1. The van der Waals surface area contributed by atoms with Gasteiger partial charge in [-0.3, -0.25) is 4.90 Å². The molecule has 3 aromatic rings. The zero-order valence-electron chi connectivity index (χ0n) is 22.6. The molecule has 2 aliphatic rings. The van der Waals surface area contributed by atoms with Crippen LogP contribution in [0.15, 0.2) is 24.3 Å². The van der Waals surface area contributed by atoms with E-state index in [9.17, 15) is 18.4 Å². The van der Waals surface area contributed by atoms with Gasteiger partial charge < -0.3 is 11.1 Å². The summed E-state index contributed by atoms with van der Waals surface area (Å²) in [5.74, 6) is 1.28. The molecule has 0 spiro atoms. The number of hydrogen-bond acceptors (Lipinski definition) is 6. The third kappa shape index (κ3) is 5.28. The number of halogens is 3. The van der Waals surface area contributed by atoms with E-state index in [-0.39, 0.29) is 17.6 Å². The molecule has 1 saturated heterocycles. The maximum atomic E-state index is 13.4. The summed E-state index contributed by atoms with van der Waals surface area (Å²) in [5, 5.41) is 13.4. The summed E-state index contributed by atoms with van der Waals surface area (Å²) < 4.78 is 40.1. The quantitative estimate of drug-likeness (QED) is 0.359. The Balaban J connectivity index is 0.00000164. The number of likely N-dealkylation sites (tertiary alicyclic amines) is 1. The van der Waals surface area contributed by atoms with Crippen molar-refractivity contribution in [2.45, 2.75) is 72.1 Å². The Labute approximate surface area is 222 Å². The molecule has 1 aliphatic carbocycles. The third-order valence-corrected chi connectivity index (χ3v) is 7.46. The van der Waals surface area contributed by atoms with E-state index in [1.807, 2.05) is 20.8 Å². The van der Waals surface area contributed by atoms with Crippen LogP contribution < -0.4 is 11.1 Å². The van der Waals surface area contributed by atoms with Crippen molar-refractivity contribution in [3.05, 3.63) is 57.9 Å². The largest absolute Gasteiger partial charge is 0.416 e. The lowest BCUT2D eigenvalue weighted by Gasteiger charge is -2.41. The molecule has 5 rings (SSSR count). The van der Waals surface area contributed by atoms with E-state index in [2.05, 4.69) is 34.3 Å². The number of hydrogen-bond donors (Lipinski definition) is 2. The first-order valence-corrected chi connectivity index (χ1v) is 13.3. The van der Waals surface area contributed by atoms with E-state index < -0.39 is 17.8 Å². The van der Waals surface area contributed by atoms with Gasteiger partial charge in [-0.1, -0.05) is 13.8 Å². The summed E-state index contributed by atoms with van der Waals surface area (Å²) in [5.41, 5.74) is 10.2. The van der Waals surface area contributed by atoms with Crippen LogP contribution in [0, 0.1) is 24.2 Å². The summed E-state index contributed by atoms with van der Waals surface area (Å²) >= 11 is 0. The van der Waals surface area contributed by atoms with E-state index in [1.54, 1.807) is 13.0 Å². The predicted molar refractivity (Wildman–Crippen MR) is 145 cm³/mol. The topological polar surface area (TPSA) is 90.9 Å². The monoisotopic (exact) mass is 524 g/mol. The highest BCUT2D eigenvalue weighted by Gasteiger charge is 2.34. The first kappa shape index (κ1) is 27.6. The second-order valence-electron chi connectivity index (χ2n) is 10.0. The minimum absolute atomic E-state index is 0.0661. The van der Waals surface area contributed by atoms with Crippen LogP contribution in [0.4, 0.5) is 24.7 Å². The molecular formula is C29H35F3N6. The zero-order valence-corrected chi connectivity index (χ0v) is 22.6. The Hall–Kier alpha value is -3.38. The summed E-state index contributed by atoms with van der Waals surface area (Å²) in [6, 6.07) is 7.80. The number of benzene rings is 2. The fourth-order valence-electron chi connectivity index (χ4n) is 5.48. The van der Waals surface area contributed by atoms with Crippen molar-refractivity contribution in [1.29, 1.82) is 5.26 Å². The van der Waals surface area contributed by atoms with Crippen LogP contribution in [0.1, 0.15) is 79.8 Å². The Morgan fingerprint density at radius 3 is 2.42 bits per heavy atom. The van der Waals surface area contributed by atoms with Crippen molar-refractivity contribution in [3.8, 4) is 6.07 Å². The molecular weight excluding hydrogens is 489 g/mol. The second kappa shape index (κ2) is 10.8. The molecule has 0 unspecified atom stereocenters. The molecule has 2 heterocycles. The minimum Gasteiger partial charge on any atom is -0.399 e. The summed E-state index contributed by atoms with van der Waals surface area (Å²) in [4.78, 5) is 11.7. The SMILES string of the molecule is CC.Cc1nc(N[C@H](C)c2cc(N)cc(C(F)(F)F)c2)c2cc([C@H](C)N3CC(C#N)C3)c3c(c2n1)CCC3. The van der Waals surface area contributed by atoms with Crippen molar-refractivity contribution in [1.82, 2.24) is 14.9 Å². The maximum absolute atomic E-state index is 13.4. The lowest BCUT2D eigenvalue weighted by molar-refractivity contribution is -0.137. The van der Waals surface area contributed by atoms with Gasteiger partial charge in [-0.25, -0.2) is 9.97 Å². The molecule has 0 amide bonds. The van der Waals surface area contributed by atoms with Crippen LogP contribution in [0.5, 0.6) is 0 Å². The van der Waals surface area contributed by atoms with Crippen LogP contribution in [-0.2, 0) is 19.0 Å². The average molecular weight is 525 g/mol. The molecule has 1 aliphatic heterocycles. The summed E-state index contributed by atoms with van der Waals surface area (Å²) in [6.07, 6.45) is -1.50. The van der Waals surface area contributed by atoms with Crippen LogP contribution in [-0.4, -0.2) is 28.0 Å². The molecule has 9 heteroatoms. The fourth-order valence-corrected chi connectivity index (χ4v) is 5.48. The number of rotatable bonds is 5. The van der Waals surface area contributed by atoms with Gasteiger partial charge >= 0.3 is 6.18 Å². The lowest BCUT2D eigenvalue weighted by Crippen LogP contribution is -2.47. The number of alkyl halides is 3. The van der Waals surface area contributed by atoms with Crippen molar-refractivity contribution in [3.63, 3.8) is 0 Å². The molecule has 0 saturated carbocycles. The normalized spacial score (nSPS) is 17.1. The lowest BCUT2D eigenvalue weighted by atomic mass is 9.90. The highest BCUT2D eigenvalue weighted by molar-refractivity contribution is 5.93. The molecule has 1 fully saturated rings. The van der Waals surface area contributed by atoms with Gasteiger partial charge in [0.15, 0.2) is 0 Å². The second-order valence-corrected chi connectivity index (χ2v) is 10.0. The average Bonchev–Trinajstić information content (AvgIpc) is 3.33. The third-order valence-electron chi connectivity index (χ3n) is 7.46. The Bertz CT molecular complexity index is 1370. The predicted octanol–water partition coefficient (Wildman–Crippen LogP) is 6.74. The Morgan fingerprint density at radius 2 is 1.76 bits per heavy atom. The van der Waals surface area contributed by atoms with Gasteiger partial charge in [0.25, 0.3) is 0 Å². The molecule has 38 heavy (non-hydrogen) atoms. The maximum Gasteiger partial charge on any atom is 0.416 e. The van der Waals surface area contributed by atoms with Gasteiger partial charge in [0.2, 0.25) is 0 Å². The molecule has 0 bridgehead atoms. The molecule has 0 radical (unpaired) electrons. The fraction of sp³-hybridized carbons (Fsp3) is 0.483. The number of nitrogens with two attached hydrogens (primary N) is 1. The van der Waals surface area contributed by atoms with Crippen molar-refractivity contribution < 1.29 is 13.2 Å². The van der Waals surface area contributed by atoms with E-state index in [0.717, 1.165) is 55.4 Å². The van der Waals surface area contributed by atoms with Crippen molar-refractivity contribution in [2.24, 2.45) is 5.92 Å². The van der Waals surface area contributed by atoms with Crippen LogP contribution in [0.3, 0.4) is 0 Å². The molecule has 6 nitrogen and oxygen atoms in total. The van der Waals surface area contributed by atoms with Gasteiger partial charge in [0.1, 0.15) is 11.6 Å². The number of aryl methyl sites for hydroxylation is 2. The smallest absolute Gasteiger partial charge is 0.399 e. The van der Waals surface area contributed by atoms with Gasteiger partial charge in [-0.15, -0.1) is 0 Å². The molecule has 202 valence electrons. The van der Waals surface area contributed by atoms with E-state index >= 15 is 0 Å². The summed E-state index contributed by atoms with van der Waals surface area (Å²) in [7, 11) is 0. The number of nitrogens with zero attached hydrogens (tertiary/aromatic N) is 4. The van der Waals surface area contributed by atoms with Gasteiger partial charge in [-0.05, 0) is 86.6 Å². The Morgan fingerprint density at radius 1 is 1.08 bits per heavy atom. The number of nitriles is 1. The zero-order chi connectivity index (χ0) is 27.8. The van der Waals surface area contributed by atoms with Crippen molar-refractivity contribution >= 4 is 22.4 Å². The number of aromatic nitrogens is 2. The van der Waals surface area contributed by atoms with E-state index in [0.29, 0.717) is 17.2 Å². The minimum atomic E-state index is -4.48.